The summed E-state index contributed by atoms with van der Waals surface area (Å²) in [5.41, 5.74) is 0.713. The average molecular weight is 223 g/mol. The third-order valence-electron chi connectivity index (χ3n) is 2.32. The van der Waals surface area contributed by atoms with Gasteiger partial charge >= 0.3 is 5.97 Å². The topological polar surface area (TPSA) is 59.4 Å². The highest BCUT2D eigenvalue weighted by Gasteiger charge is 2.19. The second-order valence-electron chi connectivity index (χ2n) is 3.67. The Kier molecular flexibility index (Phi) is 4.76. The van der Waals surface area contributed by atoms with Crippen molar-refractivity contribution in [2.75, 3.05) is 0 Å². The van der Waals surface area contributed by atoms with E-state index < -0.39 is 12.1 Å². The molecule has 1 atom stereocenters. The number of hydrogen-bond donors (Lipinski definition) is 1. The van der Waals surface area contributed by atoms with Crippen LogP contribution in [0.4, 0.5) is 0 Å². The summed E-state index contributed by atoms with van der Waals surface area (Å²) in [7, 11) is 0. The Hall–Kier alpha value is -1.58. The van der Waals surface area contributed by atoms with Crippen LogP contribution in [-0.4, -0.2) is 22.2 Å². The molecule has 0 radical (unpaired) electrons. The molecule has 0 aliphatic carbocycles. The van der Waals surface area contributed by atoms with Gasteiger partial charge in [-0.05, 0) is 31.9 Å². The van der Waals surface area contributed by atoms with Crippen molar-refractivity contribution in [1.29, 1.82) is 0 Å². The Bertz CT molecular complexity index is 352. The molecule has 0 spiro atoms. The minimum absolute atomic E-state index is 0.528. The van der Waals surface area contributed by atoms with Crippen LogP contribution in [0.5, 0.6) is 5.75 Å². The number of nitrogens with zero attached hydrogens (tertiary/aromatic N) is 1. The van der Waals surface area contributed by atoms with E-state index in [2.05, 4.69) is 4.98 Å². The average Bonchev–Trinajstić information content (AvgIpc) is 2.26. The van der Waals surface area contributed by atoms with Gasteiger partial charge in [0.1, 0.15) is 5.75 Å². The van der Waals surface area contributed by atoms with Crippen LogP contribution in [0.25, 0.3) is 0 Å². The summed E-state index contributed by atoms with van der Waals surface area (Å²) >= 11 is 0. The monoisotopic (exact) mass is 223 g/mol. The molecule has 16 heavy (non-hydrogen) atoms. The van der Waals surface area contributed by atoms with Crippen molar-refractivity contribution < 1.29 is 14.6 Å². The van der Waals surface area contributed by atoms with Crippen LogP contribution in [-0.2, 0) is 4.79 Å². The van der Waals surface area contributed by atoms with E-state index in [1.54, 1.807) is 25.3 Å². The molecule has 4 heteroatoms. The van der Waals surface area contributed by atoms with E-state index in [4.69, 9.17) is 9.84 Å². The number of carboxylic acid groups (broad SMARTS) is 1. The Morgan fingerprint density at radius 1 is 1.62 bits per heavy atom. The molecule has 1 heterocycles. The van der Waals surface area contributed by atoms with Crippen molar-refractivity contribution in [1.82, 2.24) is 4.98 Å². The zero-order chi connectivity index (χ0) is 12.0. The van der Waals surface area contributed by atoms with Crippen molar-refractivity contribution in [3.05, 3.63) is 24.0 Å². The van der Waals surface area contributed by atoms with Crippen molar-refractivity contribution in [3.8, 4) is 5.75 Å². The largest absolute Gasteiger partial charge is 0.479 e. The van der Waals surface area contributed by atoms with Crippen LogP contribution < -0.4 is 4.74 Å². The van der Waals surface area contributed by atoms with E-state index in [1.165, 1.54) is 0 Å². The predicted molar refractivity (Wildman–Crippen MR) is 60.6 cm³/mol. The summed E-state index contributed by atoms with van der Waals surface area (Å²) < 4.78 is 5.45. The van der Waals surface area contributed by atoms with Gasteiger partial charge in [0.05, 0.1) is 5.69 Å². The number of hydrogen-bond acceptors (Lipinski definition) is 3. The number of carbonyl (C=O) groups is 1. The van der Waals surface area contributed by atoms with Gasteiger partial charge in [-0.1, -0.05) is 13.3 Å². The molecule has 4 nitrogen and oxygen atoms in total. The molecule has 1 N–H and O–H groups in total. The fraction of sp³-hybridized carbons (Fsp3) is 0.500. The summed E-state index contributed by atoms with van der Waals surface area (Å²) in [6, 6.07) is 3.48. The quantitative estimate of drug-likeness (QED) is 0.804. The number of unbranched alkanes of at least 4 members (excludes halogenated alkanes) is 1. The normalized spacial score (nSPS) is 12.1. The smallest absolute Gasteiger partial charge is 0.344 e. The van der Waals surface area contributed by atoms with E-state index in [0.717, 1.165) is 12.8 Å². The van der Waals surface area contributed by atoms with Gasteiger partial charge in [0.25, 0.3) is 0 Å². The van der Waals surface area contributed by atoms with Gasteiger partial charge in [-0.2, -0.15) is 0 Å². The lowest BCUT2D eigenvalue weighted by Gasteiger charge is -2.15. The molecule has 1 rings (SSSR count). The van der Waals surface area contributed by atoms with Crippen LogP contribution in [0.15, 0.2) is 18.3 Å². The third-order valence-corrected chi connectivity index (χ3v) is 2.32. The number of pyridine rings is 1. The van der Waals surface area contributed by atoms with Crippen LogP contribution in [0.1, 0.15) is 31.9 Å². The van der Waals surface area contributed by atoms with Crippen molar-refractivity contribution in [2.45, 2.75) is 39.2 Å². The number of rotatable bonds is 6. The molecule has 1 aromatic heterocycles. The fourth-order valence-corrected chi connectivity index (χ4v) is 1.37. The molecule has 0 aliphatic heterocycles. The number of ether oxygens (including phenoxy) is 1. The van der Waals surface area contributed by atoms with E-state index in [1.807, 2.05) is 6.92 Å². The maximum Gasteiger partial charge on any atom is 0.344 e. The van der Waals surface area contributed by atoms with Crippen molar-refractivity contribution in [3.63, 3.8) is 0 Å². The summed E-state index contributed by atoms with van der Waals surface area (Å²) in [6.45, 7) is 3.82. The Balaban J connectivity index is 2.68. The van der Waals surface area contributed by atoms with Crippen LogP contribution in [0.2, 0.25) is 0 Å². The molecule has 88 valence electrons. The van der Waals surface area contributed by atoms with Crippen molar-refractivity contribution in [2.24, 2.45) is 0 Å². The van der Waals surface area contributed by atoms with Gasteiger partial charge in [0.2, 0.25) is 0 Å². The first-order chi connectivity index (χ1) is 7.65. The number of carboxylic acids is 1. The maximum absolute atomic E-state index is 11.0. The third kappa shape index (κ3) is 3.53. The molecule has 0 aliphatic rings. The van der Waals surface area contributed by atoms with Crippen molar-refractivity contribution >= 4 is 5.97 Å². The highest BCUT2D eigenvalue weighted by molar-refractivity contribution is 5.72. The number of aliphatic carboxylic acids is 1. The Labute approximate surface area is 95.3 Å². The van der Waals surface area contributed by atoms with Gasteiger partial charge < -0.3 is 9.84 Å². The van der Waals surface area contributed by atoms with Crippen LogP contribution >= 0.6 is 0 Å². The second-order valence-corrected chi connectivity index (χ2v) is 3.67. The lowest BCUT2D eigenvalue weighted by Crippen LogP contribution is -2.27. The molecule has 0 aromatic carbocycles. The highest BCUT2D eigenvalue weighted by Crippen LogP contribution is 2.17. The first-order valence-corrected chi connectivity index (χ1v) is 5.46. The molecule has 1 unspecified atom stereocenters. The van der Waals surface area contributed by atoms with E-state index in [-0.39, 0.29) is 0 Å². The lowest BCUT2D eigenvalue weighted by molar-refractivity contribution is -0.145. The van der Waals surface area contributed by atoms with E-state index >= 15 is 0 Å². The molecule has 0 amide bonds. The van der Waals surface area contributed by atoms with Gasteiger partial charge in [0.15, 0.2) is 6.10 Å². The molecule has 0 bridgehead atoms. The van der Waals surface area contributed by atoms with Gasteiger partial charge in [-0.25, -0.2) is 4.79 Å². The molecule has 0 saturated carbocycles. The second kappa shape index (κ2) is 6.10. The summed E-state index contributed by atoms with van der Waals surface area (Å²) in [4.78, 5) is 15.0. The number of aromatic nitrogens is 1. The Morgan fingerprint density at radius 3 is 2.94 bits per heavy atom. The van der Waals surface area contributed by atoms with E-state index in [9.17, 15) is 4.79 Å². The predicted octanol–water partition coefficient (Wildman–Crippen LogP) is 2.41. The highest BCUT2D eigenvalue weighted by atomic mass is 16.5. The maximum atomic E-state index is 11.0. The molecule has 1 aromatic rings. The standard InChI is InChI=1S/C12H17NO3/c1-3-4-6-11(12(14)15)16-10-7-5-8-13-9(10)2/h5,7-8,11H,3-4,6H2,1-2H3,(H,14,15). The minimum Gasteiger partial charge on any atom is -0.479 e. The first kappa shape index (κ1) is 12.5. The zero-order valence-electron chi connectivity index (χ0n) is 9.64. The summed E-state index contributed by atoms with van der Waals surface area (Å²) in [5, 5.41) is 9.01. The van der Waals surface area contributed by atoms with Gasteiger partial charge in [-0.15, -0.1) is 0 Å². The summed E-state index contributed by atoms with van der Waals surface area (Å²) in [5.74, 6) is -0.372. The molecular formula is C12H17NO3. The van der Waals surface area contributed by atoms with Crippen LogP contribution in [0.3, 0.4) is 0 Å². The SMILES string of the molecule is CCCCC(Oc1cccnc1C)C(=O)O. The zero-order valence-corrected chi connectivity index (χ0v) is 9.64. The minimum atomic E-state index is -0.920. The fourth-order valence-electron chi connectivity index (χ4n) is 1.37. The molecular weight excluding hydrogens is 206 g/mol. The van der Waals surface area contributed by atoms with Crippen LogP contribution in [0, 0.1) is 6.92 Å². The molecule has 0 saturated heterocycles. The summed E-state index contributed by atoms with van der Waals surface area (Å²) in [6.07, 6.45) is 3.21. The van der Waals surface area contributed by atoms with E-state index in [0.29, 0.717) is 17.9 Å². The lowest BCUT2D eigenvalue weighted by atomic mass is 10.1. The van der Waals surface area contributed by atoms with Gasteiger partial charge in [-0.3, -0.25) is 4.98 Å². The number of aryl methyl sites for hydroxylation is 1. The van der Waals surface area contributed by atoms with Gasteiger partial charge in [0, 0.05) is 6.20 Å². The Morgan fingerprint density at radius 2 is 2.38 bits per heavy atom. The first-order valence-electron chi connectivity index (χ1n) is 5.46. The molecule has 0 fully saturated rings.